The SMILES string of the molecule is [O-][n+]1ccc(C2CNCCC2(F)F)cc1C(O)C(F)(F)F. The smallest absolute Gasteiger partial charge is 0.424 e. The maximum Gasteiger partial charge on any atom is 0.424 e. The lowest BCUT2D eigenvalue weighted by Crippen LogP contribution is -2.44. The van der Waals surface area contributed by atoms with Gasteiger partial charge in [0.2, 0.25) is 11.8 Å². The van der Waals surface area contributed by atoms with Crippen molar-refractivity contribution in [3.8, 4) is 0 Å². The minimum atomic E-state index is -5.04. The molecule has 2 atom stereocenters. The molecule has 9 heteroatoms. The van der Waals surface area contributed by atoms with Crippen LogP contribution < -0.4 is 10.0 Å². The molecule has 1 aliphatic heterocycles. The highest BCUT2D eigenvalue weighted by atomic mass is 19.4. The fraction of sp³-hybridized carbons (Fsp3) is 0.583. The zero-order valence-corrected chi connectivity index (χ0v) is 10.7. The van der Waals surface area contributed by atoms with Gasteiger partial charge < -0.3 is 15.6 Å². The van der Waals surface area contributed by atoms with E-state index in [9.17, 15) is 27.2 Å². The summed E-state index contributed by atoms with van der Waals surface area (Å²) in [6, 6.07) is 1.74. The highest BCUT2D eigenvalue weighted by Crippen LogP contribution is 2.39. The molecule has 4 nitrogen and oxygen atoms in total. The van der Waals surface area contributed by atoms with Crippen LogP contribution in [0.4, 0.5) is 22.0 Å². The number of nitrogens with one attached hydrogen (secondary N) is 1. The molecule has 2 unspecified atom stereocenters. The molecule has 0 saturated carbocycles. The van der Waals surface area contributed by atoms with Gasteiger partial charge in [-0.2, -0.15) is 17.9 Å². The van der Waals surface area contributed by atoms with Crippen molar-refractivity contribution < 1.29 is 31.8 Å². The molecule has 0 aliphatic carbocycles. The van der Waals surface area contributed by atoms with Gasteiger partial charge in [0.1, 0.15) is 0 Å². The Bertz CT molecular complexity index is 521. The summed E-state index contributed by atoms with van der Waals surface area (Å²) in [5, 5.41) is 23.2. The molecule has 2 rings (SSSR count). The van der Waals surface area contributed by atoms with Crippen LogP contribution >= 0.6 is 0 Å². The monoisotopic (exact) mass is 312 g/mol. The number of aliphatic hydroxyl groups excluding tert-OH is 1. The first-order chi connectivity index (χ1) is 9.63. The Morgan fingerprint density at radius 3 is 2.67 bits per heavy atom. The number of rotatable bonds is 2. The number of hydrogen-bond donors (Lipinski definition) is 2. The first-order valence-electron chi connectivity index (χ1n) is 6.19. The average Bonchev–Trinajstić information content (AvgIpc) is 2.37. The lowest BCUT2D eigenvalue weighted by Gasteiger charge is -2.32. The molecule has 1 saturated heterocycles. The van der Waals surface area contributed by atoms with E-state index in [1.165, 1.54) is 0 Å². The number of nitrogens with zero attached hydrogens (tertiary/aromatic N) is 1. The van der Waals surface area contributed by atoms with Gasteiger partial charge in [-0.1, -0.05) is 0 Å². The molecule has 1 fully saturated rings. The fourth-order valence-corrected chi connectivity index (χ4v) is 2.29. The van der Waals surface area contributed by atoms with Crippen molar-refractivity contribution in [2.24, 2.45) is 0 Å². The highest BCUT2D eigenvalue weighted by Gasteiger charge is 2.46. The lowest BCUT2D eigenvalue weighted by atomic mass is 9.88. The topological polar surface area (TPSA) is 59.2 Å². The van der Waals surface area contributed by atoms with Crippen molar-refractivity contribution in [3.05, 3.63) is 34.8 Å². The molecule has 1 aliphatic rings. The van der Waals surface area contributed by atoms with Crippen molar-refractivity contribution in [2.75, 3.05) is 13.1 Å². The van der Waals surface area contributed by atoms with E-state index in [-0.39, 0.29) is 23.4 Å². The summed E-state index contributed by atoms with van der Waals surface area (Å²) in [5.74, 6) is -4.42. The van der Waals surface area contributed by atoms with E-state index < -0.39 is 36.2 Å². The molecule has 21 heavy (non-hydrogen) atoms. The van der Waals surface area contributed by atoms with Crippen LogP contribution in [0.25, 0.3) is 0 Å². The predicted molar refractivity (Wildman–Crippen MR) is 61.6 cm³/mol. The molecular weight excluding hydrogens is 299 g/mol. The number of hydrogen-bond acceptors (Lipinski definition) is 3. The highest BCUT2D eigenvalue weighted by molar-refractivity contribution is 5.23. The van der Waals surface area contributed by atoms with Crippen LogP contribution in [0.15, 0.2) is 18.3 Å². The van der Waals surface area contributed by atoms with Crippen molar-refractivity contribution in [1.82, 2.24) is 5.32 Å². The van der Waals surface area contributed by atoms with E-state index >= 15 is 0 Å². The second kappa shape index (κ2) is 5.38. The van der Waals surface area contributed by atoms with Gasteiger partial charge in [0.15, 0.2) is 6.20 Å². The second-order valence-electron chi connectivity index (χ2n) is 4.92. The van der Waals surface area contributed by atoms with Crippen molar-refractivity contribution >= 4 is 0 Å². The van der Waals surface area contributed by atoms with Gasteiger partial charge in [-0.05, 0) is 5.56 Å². The minimum Gasteiger partial charge on any atom is -0.618 e. The fourth-order valence-electron chi connectivity index (χ4n) is 2.29. The maximum atomic E-state index is 13.8. The van der Waals surface area contributed by atoms with Crippen molar-refractivity contribution in [1.29, 1.82) is 0 Å². The van der Waals surface area contributed by atoms with E-state index in [1.54, 1.807) is 0 Å². The minimum absolute atomic E-state index is 0.107. The Kier molecular flexibility index (Phi) is 4.07. The molecule has 1 aromatic rings. The third-order valence-electron chi connectivity index (χ3n) is 3.46. The number of aliphatic hydroxyl groups is 1. The molecule has 0 bridgehead atoms. The molecule has 0 aromatic carbocycles. The van der Waals surface area contributed by atoms with E-state index in [1.807, 2.05) is 0 Å². The summed E-state index contributed by atoms with van der Waals surface area (Å²) in [4.78, 5) is 0. The maximum absolute atomic E-state index is 13.8. The van der Waals surface area contributed by atoms with Crippen LogP contribution in [-0.4, -0.2) is 30.3 Å². The van der Waals surface area contributed by atoms with E-state index in [2.05, 4.69) is 5.32 Å². The van der Waals surface area contributed by atoms with Gasteiger partial charge in [0, 0.05) is 31.6 Å². The molecule has 1 aromatic heterocycles. The Hall–Kier alpha value is -1.48. The molecular formula is C12H13F5N2O2. The molecule has 0 radical (unpaired) electrons. The number of alkyl halides is 5. The Morgan fingerprint density at radius 2 is 2.10 bits per heavy atom. The molecule has 0 spiro atoms. The first-order valence-corrected chi connectivity index (χ1v) is 6.19. The van der Waals surface area contributed by atoms with Crippen LogP contribution in [0, 0.1) is 5.21 Å². The normalized spacial score (nSPS) is 23.8. The van der Waals surface area contributed by atoms with Crippen LogP contribution in [0.1, 0.15) is 29.7 Å². The standard InChI is InChI=1S/C12H13F5N2O2/c13-11(14)2-3-18-6-8(11)7-1-4-19(21)9(5-7)10(20)12(15,16)17/h1,4-5,8,10,18,20H,2-3,6H2. The Labute approximate surface area is 116 Å². The van der Waals surface area contributed by atoms with Gasteiger partial charge in [-0.25, -0.2) is 8.78 Å². The molecule has 2 N–H and O–H groups in total. The third-order valence-corrected chi connectivity index (χ3v) is 3.46. The van der Waals surface area contributed by atoms with Gasteiger partial charge in [0.25, 0.3) is 5.92 Å². The second-order valence-corrected chi connectivity index (χ2v) is 4.92. The number of aromatic nitrogens is 1. The molecule has 2 heterocycles. The molecule has 0 amide bonds. The van der Waals surface area contributed by atoms with E-state index in [4.69, 9.17) is 5.11 Å². The van der Waals surface area contributed by atoms with Crippen molar-refractivity contribution in [3.63, 3.8) is 0 Å². The van der Waals surface area contributed by atoms with Crippen LogP contribution in [0.3, 0.4) is 0 Å². The number of halogens is 5. The summed E-state index contributed by atoms with van der Waals surface area (Å²) >= 11 is 0. The third kappa shape index (κ3) is 3.24. The summed E-state index contributed by atoms with van der Waals surface area (Å²) in [6.45, 7) is -0.00660. The summed E-state index contributed by atoms with van der Waals surface area (Å²) in [6.07, 6.45) is -7.80. The zero-order chi connectivity index (χ0) is 15.8. The lowest BCUT2D eigenvalue weighted by molar-refractivity contribution is -0.621. The van der Waals surface area contributed by atoms with Crippen LogP contribution in [-0.2, 0) is 0 Å². The Balaban J connectivity index is 2.39. The van der Waals surface area contributed by atoms with Gasteiger partial charge in [-0.15, -0.1) is 0 Å². The Morgan fingerprint density at radius 1 is 1.43 bits per heavy atom. The number of piperidine rings is 1. The quantitative estimate of drug-likeness (QED) is 0.496. The summed E-state index contributed by atoms with van der Waals surface area (Å²) in [5.41, 5.74) is -1.13. The first kappa shape index (κ1) is 15.9. The largest absolute Gasteiger partial charge is 0.618 e. The van der Waals surface area contributed by atoms with Crippen LogP contribution in [0.5, 0.6) is 0 Å². The zero-order valence-electron chi connectivity index (χ0n) is 10.7. The van der Waals surface area contributed by atoms with Gasteiger partial charge in [0.05, 0.1) is 5.92 Å². The number of pyridine rings is 1. The van der Waals surface area contributed by atoms with Gasteiger partial charge in [-0.3, -0.25) is 0 Å². The average molecular weight is 312 g/mol. The van der Waals surface area contributed by atoms with E-state index in [0.717, 1.165) is 6.07 Å². The van der Waals surface area contributed by atoms with E-state index in [0.29, 0.717) is 12.3 Å². The van der Waals surface area contributed by atoms with Crippen molar-refractivity contribution in [2.45, 2.75) is 30.5 Å². The van der Waals surface area contributed by atoms with Crippen LogP contribution in [0.2, 0.25) is 0 Å². The predicted octanol–water partition coefficient (Wildman–Crippen LogP) is 1.63. The summed E-state index contributed by atoms with van der Waals surface area (Å²) < 4.78 is 64.9. The van der Waals surface area contributed by atoms with Gasteiger partial charge >= 0.3 is 6.18 Å². The summed E-state index contributed by atoms with van der Waals surface area (Å²) in [7, 11) is 0. The molecule has 118 valence electrons.